The zero-order chi connectivity index (χ0) is 23.6. The van der Waals surface area contributed by atoms with Gasteiger partial charge in [-0.2, -0.15) is 0 Å². The third-order valence-electron chi connectivity index (χ3n) is 5.25. The predicted molar refractivity (Wildman–Crippen MR) is 123 cm³/mol. The molecule has 2 aromatic carbocycles. The Kier molecular flexibility index (Phi) is 8.55. The Hall–Kier alpha value is -3.71. The zero-order valence-electron chi connectivity index (χ0n) is 18.1. The summed E-state index contributed by atoms with van der Waals surface area (Å²) in [5, 5.41) is 17.3. The minimum atomic E-state index is -1.03. The fourth-order valence-electron chi connectivity index (χ4n) is 3.34. The smallest absolute Gasteiger partial charge is 0.267 e. The quantitative estimate of drug-likeness (QED) is 0.218. The number of hydroxylamine groups is 1. The minimum Gasteiger partial charge on any atom is -0.339 e. The first-order valence-electron chi connectivity index (χ1n) is 10.7. The lowest BCUT2D eigenvalue weighted by molar-refractivity contribution is -0.130. The maximum Gasteiger partial charge on any atom is 0.267 e. The van der Waals surface area contributed by atoms with Crippen LogP contribution in [0, 0.1) is 11.8 Å². The first kappa shape index (κ1) is 23.9. The molecule has 0 aromatic heterocycles. The van der Waals surface area contributed by atoms with Crippen LogP contribution in [0.1, 0.15) is 40.7 Å². The van der Waals surface area contributed by atoms with Crippen LogP contribution < -0.4 is 27.2 Å². The van der Waals surface area contributed by atoms with E-state index in [-0.39, 0.29) is 18.5 Å². The van der Waals surface area contributed by atoms with E-state index in [0.29, 0.717) is 11.1 Å². The maximum atomic E-state index is 12.3. The molecule has 3 amide bonds. The van der Waals surface area contributed by atoms with Crippen molar-refractivity contribution in [2.24, 2.45) is 5.73 Å². The van der Waals surface area contributed by atoms with E-state index in [2.05, 4.69) is 27.8 Å². The van der Waals surface area contributed by atoms with Gasteiger partial charge in [0.15, 0.2) is 0 Å². The molecule has 1 aliphatic heterocycles. The van der Waals surface area contributed by atoms with Crippen LogP contribution in [0.5, 0.6) is 0 Å². The second kappa shape index (κ2) is 11.8. The van der Waals surface area contributed by atoms with E-state index in [1.807, 2.05) is 24.3 Å². The summed E-state index contributed by atoms with van der Waals surface area (Å²) in [5.74, 6) is 4.77. The number of anilines is 1. The molecule has 0 aliphatic carbocycles. The van der Waals surface area contributed by atoms with Gasteiger partial charge in [0, 0.05) is 28.9 Å². The van der Waals surface area contributed by atoms with Crippen molar-refractivity contribution in [1.29, 1.82) is 0 Å². The minimum absolute atomic E-state index is 0.0209. The van der Waals surface area contributed by atoms with E-state index in [1.165, 1.54) is 5.48 Å². The summed E-state index contributed by atoms with van der Waals surface area (Å²) >= 11 is 0. The number of rotatable bonds is 6. The van der Waals surface area contributed by atoms with Crippen LogP contribution in [0.15, 0.2) is 48.5 Å². The molecule has 1 fully saturated rings. The molecule has 172 valence electrons. The van der Waals surface area contributed by atoms with E-state index >= 15 is 0 Å². The first-order chi connectivity index (χ1) is 16.0. The van der Waals surface area contributed by atoms with Crippen LogP contribution in [0.3, 0.4) is 0 Å². The van der Waals surface area contributed by atoms with Crippen LogP contribution in [-0.4, -0.2) is 48.1 Å². The van der Waals surface area contributed by atoms with Crippen molar-refractivity contribution in [3.63, 3.8) is 0 Å². The van der Waals surface area contributed by atoms with E-state index in [0.717, 1.165) is 37.1 Å². The van der Waals surface area contributed by atoms with Gasteiger partial charge in [0.2, 0.25) is 5.91 Å². The van der Waals surface area contributed by atoms with Crippen molar-refractivity contribution in [2.75, 3.05) is 18.4 Å². The van der Waals surface area contributed by atoms with Gasteiger partial charge >= 0.3 is 0 Å². The Bertz CT molecular complexity index is 1040. The predicted octanol–water partition coefficient (Wildman–Crippen LogP) is 0.730. The number of carbonyl (C=O) groups is 3. The molecule has 7 N–H and O–H groups in total. The molecule has 1 aliphatic rings. The standard InChI is InChI=1S/C24H27N5O4/c25-15-21(24(32)29-33)28-22(30)18-10-6-16(7-11-18)4-5-17-8-12-19(13-9-17)27-23(31)20-3-1-2-14-26-20/h6-13,20-21,26,33H,1-3,14-15,25H2,(H,27,31)(H,28,30)(H,29,32)/t20?,21-/m0/s1. The number of amides is 3. The van der Waals surface area contributed by atoms with Gasteiger partial charge in [-0.25, -0.2) is 5.48 Å². The number of benzene rings is 2. The summed E-state index contributed by atoms with van der Waals surface area (Å²) in [7, 11) is 0. The Labute approximate surface area is 192 Å². The Morgan fingerprint density at radius 2 is 1.67 bits per heavy atom. The fourth-order valence-corrected chi connectivity index (χ4v) is 3.34. The summed E-state index contributed by atoms with van der Waals surface area (Å²) in [6, 6.07) is 12.7. The highest BCUT2D eigenvalue weighted by molar-refractivity contribution is 5.97. The highest BCUT2D eigenvalue weighted by Gasteiger charge is 2.20. The average molecular weight is 450 g/mol. The van der Waals surface area contributed by atoms with Crippen LogP contribution >= 0.6 is 0 Å². The molecule has 9 nitrogen and oxygen atoms in total. The molecular formula is C24H27N5O4. The highest BCUT2D eigenvalue weighted by Crippen LogP contribution is 2.13. The Morgan fingerprint density at radius 3 is 2.21 bits per heavy atom. The number of carbonyl (C=O) groups excluding carboxylic acids is 3. The van der Waals surface area contributed by atoms with E-state index in [4.69, 9.17) is 10.9 Å². The first-order valence-corrected chi connectivity index (χ1v) is 10.7. The summed E-state index contributed by atoms with van der Waals surface area (Å²) in [6.07, 6.45) is 3.01. The Morgan fingerprint density at radius 1 is 1.03 bits per heavy atom. The van der Waals surface area contributed by atoms with Crippen molar-refractivity contribution < 1.29 is 19.6 Å². The van der Waals surface area contributed by atoms with E-state index < -0.39 is 17.9 Å². The Balaban J connectivity index is 1.57. The summed E-state index contributed by atoms with van der Waals surface area (Å²) < 4.78 is 0. The van der Waals surface area contributed by atoms with E-state index in [9.17, 15) is 14.4 Å². The van der Waals surface area contributed by atoms with Crippen LogP contribution in [0.25, 0.3) is 0 Å². The highest BCUT2D eigenvalue weighted by atomic mass is 16.5. The van der Waals surface area contributed by atoms with Gasteiger partial charge in [-0.1, -0.05) is 18.3 Å². The van der Waals surface area contributed by atoms with Gasteiger partial charge in [-0.3, -0.25) is 19.6 Å². The van der Waals surface area contributed by atoms with Crippen molar-refractivity contribution in [1.82, 2.24) is 16.1 Å². The molecule has 1 saturated heterocycles. The zero-order valence-corrected chi connectivity index (χ0v) is 18.1. The second-order valence-electron chi connectivity index (χ2n) is 7.63. The monoisotopic (exact) mass is 449 g/mol. The van der Waals surface area contributed by atoms with E-state index in [1.54, 1.807) is 24.3 Å². The molecule has 0 bridgehead atoms. The molecular weight excluding hydrogens is 422 g/mol. The van der Waals surface area contributed by atoms with Gasteiger partial charge in [0.05, 0.1) is 6.04 Å². The second-order valence-corrected chi connectivity index (χ2v) is 7.63. The van der Waals surface area contributed by atoms with Gasteiger partial charge in [-0.05, 0) is 67.9 Å². The SMILES string of the molecule is NC[C@H](NC(=O)c1ccc(C#Cc2ccc(NC(=O)C3CCCCN3)cc2)cc1)C(=O)NO. The van der Waals surface area contributed by atoms with Crippen LogP contribution in [-0.2, 0) is 9.59 Å². The third-order valence-corrected chi connectivity index (χ3v) is 5.25. The van der Waals surface area contributed by atoms with Crippen molar-refractivity contribution >= 4 is 23.4 Å². The molecule has 1 unspecified atom stereocenters. The van der Waals surface area contributed by atoms with Crippen molar-refractivity contribution in [2.45, 2.75) is 31.3 Å². The number of piperidine rings is 1. The van der Waals surface area contributed by atoms with Gasteiger partial charge in [0.1, 0.15) is 6.04 Å². The number of hydrogen-bond donors (Lipinski definition) is 6. The normalized spacial score (nSPS) is 16.0. The number of nitrogens with one attached hydrogen (secondary N) is 4. The van der Waals surface area contributed by atoms with Crippen LogP contribution in [0.4, 0.5) is 5.69 Å². The van der Waals surface area contributed by atoms with Crippen molar-refractivity contribution in [3.05, 3.63) is 65.2 Å². The van der Waals surface area contributed by atoms with Gasteiger partial charge in [-0.15, -0.1) is 0 Å². The molecule has 2 atom stereocenters. The van der Waals surface area contributed by atoms with Gasteiger partial charge < -0.3 is 21.7 Å². The summed E-state index contributed by atoms with van der Waals surface area (Å²) in [4.78, 5) is 36.0. The van der Waals surface area contributed by atoms with Crippen LogP contribution in [0.2, 0.25) is 0 Å². The summed E-state index contributed by atoms with van der Waals surface area (Å²) in [6.45, 7) is 0.717. The van der Waals surface area contributed by atoms with Crippen molar-refractivity contribution in [3.8, 4) is 11.8 Å². The fraction of sp³-hybridized carbons (Fsp3) is 0.292. The molecule has 0 radical (unpaired) electrons. The topological polar surface area (TPSA) is 146 Å². The molecule has 2 aromatic rings. The average Bonchev–Trinajstić information content (AvgIpc) is 2.87. The molecule has 0 saturated carbocycles. The molecule has 0 spiro atoms. The molecule has 33 heavy (non-hydrogen) atoms. The lowest BCUT2D eigenvalue weighted by atomic mass is 10.0. The number of hydrogen-bond acceptors (Lipinski definition) is 6. The number of nitrogens with two attached hydrogens (primary N) is 1. The molecule has 3 rings (SSSR count). The maximum absolute atomic E-state index is 12.3. The molecule has 9 heteroatoms. The largest absolute Gasteiger partial charge is 0.339 e. The lowest BCUT2D eigenvalue weighted by Crippen LogP contribution is -2.50. The third kappa shape index (κ3) is 6.89. The van der Waals surface area contributed by atoms with Gasteiger partial charge in [0.25, 0.3) is 11.8 Å². The molecule has 1 heterocycles. The summed E-state index contributed by atoms with van der Waals surface area (Å²) in [5.41, 5.74) is 9.44. The lowest BCUT2D eigenvalue weighted by Gasteiger charge is -2.22.